The van der Waals surface area contributed by atoms with Crippen molar-refractivity contribution in [3.63, 3.8) is 0 Å². The summed E-state index contributed by atoms with van der Waals surface area (Å²) in [4.78, 5) is 34.6. The second-order valence-electron chi connectivity index (χ2n) is 3.00. The van der Waals surface area contributed by atoms with E-state index in [1.54, 1.807) is 0 Å². The van der Waals surface area contributed by atoms with Gasteiger partial charge in [-0.1, -0.05) is 0 Å². The summed E-state index contributed by atoms with van der Waals surface area (Å²) in [5, 5.41) is 5.25. The van der Waals surface area contributed by atoms with E-state index in [1.165, 1.54) is 4.90 Å². The van der Waals surface area contributed by atoms with Crippen LogP contribution in [0.15, 0.2) is 0 Å². The molecule has 5 amide bonds. The molecule has 2 aliphatic rings. The maximum absolute atomic E-state index is 11.3. The summed E-state index contributed by atoms with van der Waals surface area (Å²) in [6.45, 7) is 0.808. The van der Waals surface area contributed by atoms with E-state index in [1.807, 2.05) is 5.32 Å². The molecular weight excluding hydrogens is 226 g/mol. The molecule has 15 heavy (non-hydrogen) atoms. The van der Waals surface area contributed by atoms with Crippen molar-refractivity contribution in [2.24, 2.45) is 5.84 Å². The van der Waals surface area contributed by atoms with Crippen molar-refractivity contribution in [3.05, 3.63) is 0 Å². The van der Waals surface area contributed by atoms with Gasteiger partial charge >= 0.3 is 12.1 Å². The number of amides is 5. The fourth-order valence-corrected chi connectivity index (χ4v) is 1.48. The zero-order valence-electron chi connectivity index (χ0n) is 7.60. The maximum atomic E-state index is 11.3. The quantitative estimate of drug-likeness (QED) is 0.283. The molecule has 1 unspecified atom stereocenters. The fraction of sp³-hybridized carbons (Fsp3) is 0.500. The highest BCUT2D eigenvalue weighted by molar-refractivity contribution is 6.05. The SMILES string of the molecule is Cl.NN1C(=O)NC(=O)C1N1CCNC1=O. The molecule has 2 heterocycles. The lowest BCUT2D eigenvalue weighted by molar-refractivity contribution is -0.125. The van der Waals surface area contributed by atoms with Crippen molar-refractivity contribution in [2.45, 2.75) is 6.17 Å². The van der Waals surface area contributed by atoms with Gasteiger partial charge in [0.05, 0.1) is 0 Å². The third-order valence-electron chi connectivity index (χ3n) is 2.15. The Bertz CT molecular complexity index is 322. The normalized spacial score (nSPS) is 25.1. The molecule has 2 aliphatic heterocycles. The van der Waals surface area contributed by atoms with E-state index in [4.69, 9.17) is 5.84 Å². The Kier molecular flexibility index (Phi) is 3.01. The van der Waals surface area contributed by atoms with E-state index < -0.39 is 24.1 Å². The molecule has 84 valence electrons. The zero-order valence-corrected chi connectivity index (χ0v) is 8.41. The number of urea groups is 2. The van der Waals surface area contributed by atoms with Crippen LogP contribution in [0.3, 0.4) is 0 Å². The molecule has 2 rings (SSSR count). The highest BCUT2D eigenvalue weighted by Crippen LogP contribution is 2.11. The number of carbonyl (C=O) groups is 3. The van der Waals surface area contributed by atoms with Gasteiger partial charge in [-0.2, -0.15) is 0 Å². The molecule has 9 heteroatoms. The molecule has 1 atom stereocenters. The smallest absolute Gasteiger partial charge is 0.336 e. The number of hydrogen-bond donors (Lipinski definition) is 3. The van der Waals surface area contributed by atoms with Gasteiger partial charge in [0.1, 0.15) is 0 Å². The van der Waals surface area contributed by atoms with Crippen molar-refractivity contribution in [2.75, 3.05) is 13.1 Å². The van der Waals surface area contributed by atoms with Crippen LogP contribution in [0.25, 0.3) is 0 Å². The van der Waals surface area contributed by atoms with Gasteiger partial charge in [0, 0.05) is 13.1 Å². The summed E-state index contributed by atoms with van der Waals surface area (Å²) < 4.78 is 0. The summed E-state index contributed by atoms with van der Waals surface area (Å²) in [5.74, 6) is 4.76. The molecule has 0 bridgehead atoms. The van der Waals surface area contributed by atoms with Crippen molar-refractivity contribution in [3.8, 4) is 0 Å². The summed E-state index contributed by atoms with van der Waals surface area (Å²) in [5.41, 5.74) is 0. The molecule has 0 saturated carbocycles. The number of carbonyl (C=O) groups excluding carboxylic acids is 3. The standard InChI is InChI=1S/C6H9N5O3.ClH/c7-11-4(3(12)9-6(11)14)10-2-1-8-5(10)13;/h4H,1-2,7H2,(H,8,13)(H,9,12,14);1H. The summed E-state index contributed by atoms with van der Waals surface area (Å²) in [7, 11) is 0. The number of hydrogen-bond acceptors (Lipinski definition) is 4. The topological polar surface area (TPSA) is 108 Å². The molecule has 2 saturated heterocycles. The molecule has 0 aromatic heterocycles. The molecule has 8 nitrogen and oxygen atoms in total. The molecule has 0 aromatic carbocycles. The molecule has 4 N–H and O–H groups in total. The lowest BCUT2D eigenvalue weighted by Crippen LogP contribution is -2.53. The minimum Gasteiger partial charge on any atom is -0.336 e. The van der Waals surface area contributed by atoms with Gasteiger partial charge in [-0.05, 0) is 0 Å². The molecule has 2 fully saturated rings. The monoisotopic (exact) mass is 235 g/mol. The van der Waals surface area contributed by atoms with Crippen LogP contribution in [0.1, 0.15) is 0 Å². The van der Waals surface area contributed by atoms with E-state index in [9.17, 15) is 14.4 Å². The van der Waals surface area contributed by atoms with Gasteiger partial charge in [0.15, 0.2) is 0 Å². The minimum atomic E-state index is -1.02. The Morgan fingerprint density at radius 3 is 2.33 bits per heavy atom. The number of rotatable bonds is 1. The van der Waals surface area contributed by atoms with E-state index in [0.717, 1.165) is 0 Å². The third kappa shape index (κ3) is 1.68. The zero-order chi connectivity index (χ0) is 10.3. The van der Waals surface area contributed by atoms with Crippen LogP contribution in [-0.2, 0) is 4.79 Å². The number of nitrogens with one attached hydrogen (secondary N) is 2. The largest absolute Gasteiger partial charge is 0.340 e. The van der Waals surface area contributed by atoms with E-state index in [-0.39, 0.29) is 12.4 Å². The Morgan fingerprint density at radius 1 is 1.27 bits per heavy atom. The second kappa shape index (κ2) is 3.91. The first kappa shape index (κ1) is 11.5. The van der Waals surface area contributed by atoms with Crippen molar-refractivity contribution < 1.29 is 14.4 Å². The Labute approximate surface area is 91.1 Å². The van der Waals surface area contributed by atoms with Gasteiger partial charge in [0.25, 0.3) is 5.91 Å². The van der Waals surface area contributed by atoms with Crippen molar-refractivity contribution in [1.29, 1.82) is 0 Å². The van der Waals surface area contributed by atoms with E-state index in [0.29, 0.717) is 18.1 Å². The second-order valence-corrected chi connectivity index (χ2v) is 3.00. The van der Waals surface area contributed by atoms with E-state index in [2.05, 4.69) is 5.32 Å². The van der Waals surface area contributed by atoms with Crippen LogP contribution >= 0.6 is 12.4 Å². The fourth-order valence-electron chi connectivity index (χ4n) is 1.48. The molecule has 0 aliphatic carbocycles. The molecule has 0 radical (unpaired) electrons. The molecular formula is C6H10ClN5O3. The Morgan fingerprint density at radius 2 is 1.93 bits per heavy atom. The Hall–Kier alpha value is -1.54. The number of nitrogens with zero attached hydrogens (tertiary/aromatic N) is 2. The number of hydrazine groups is 1. The van der Waals surface area contributed by atoms with Gasteiger partial charge < -0.3 is 5.32 Å². The van der Waals surface area contributed by atoms with Crippen LogP contribution in [0.5, 0.6) is 0 Å². The number of imide groups is 1. The molecule has 0 aromatic rings. The number of nitrogens with two attached hydrogens (primary N) is 1. The number of halogens is 1. The first-order chi connectivity index (χ1) is 6.61. The summed E-state index contributed by atoms with van der Waals surface area (Å²) in [6.07, 6.45) is -1.02. The Balaban J connectivity index is 0.00000112. The highest BCUT2D eigenvalue weighted by Gasteiger charge is 2.44. The van der Waals surface area contributed by atoms with Crippen LogP contribution in [0.2, 0.25) is 0 Å². The third-order valence-corrected chi connectivity index (χ3v) is 2.15. The summed E-state index contributed by atoms with van der Waals surface area (Å²) >= 11 is 0. The lowest BCUT2D eigenvalue weighted by Gasteiger charge is -2.24. The van der Waals surface area contributed by atoms with Gasteiger partial charge in [0.2, 0.25) is 6.17 Å². The predicted octanol–water partition coefficient (Wildman–Crippen LogP) is -1.81. The van der Waals surface area contributed by atoms with Gasteiger partial charge in [-0.3, -0.25) is 15.0 Å². The van der Waals surface area contributed by atoms with Gasteiger partial charge in [-0.15, -0.1) is 12.4 Å². The van der Waals surface area contributed by atoms with Crippen LogP contribution in [-0.4, -0.2) is 47.1 Å². The average molecular weight is 236 g/mol. The van der Waals surface area contributed by atoms with Crippen LogP contribution in [0.4, 0.5) is 9.59 Å². The first-order valence-electron chi connectivity index (χ1n) is 4.04. The molecule has 0 spiro atoms. The maximum Gasteiger partial charge on any atom is 0.340 e. The first-order valence-corrected chi connectivity index (χ1v) is 4.04. The average Bonchev–Trinajstić information content (AvgIpc) is 2.60. The predicted molar refractivity (Wildman–Crippen MR) is 50.7 cm³/mol. The van der Waals surface area contributed by atoms with E-state index >= 15 is 0 Å². The highest BCUT2D eigenvalue weighted by atomic mass is 35.5. The minimum absolute atomic E-state index is 0. The van der Waals surface area contributed by atoms with Gasteiger partial charge in [-0.25, -0.2) is 20.4 Å². The van der Waals surface area contributed by atoms with Crippen molar-refractivity contribution in [1.82, 2.24) is 20.5 Å². The summed E-state index contributed by atoms with van der Waals surface area (Å²) in [6, 6.07) is -1.09. The van der Waals surface area contributed by atoms with Crippen molar-refractivity contribution >= 4 is 30.4 Å². The van der Waals surface area contributed by atoms with Crippen LogP contribution < -0.4 is 16.5 Å². The van der Waals surface area contributed by atoms with Crippen LogP contribution in [0, 0.1) is 0 Å². The lowest BCUT2D eigenvalue weighted by atomic mass is 10.4.